The van der Waals surface area contributed by atoms with E-state index in [4.69, 9.17) is 14.2 Å². The van der Waals surface area contributed by atoms with Crippen molar-refractivity contribution in [3.63, 3.8) is 0 Å². The molecule has 32 heavy (non-hydrogen) atoms. The number of carbonyl (C=O) groups is 3. The highest BCUT2D eigenvalue weighted by Gasteiger charge is 2.35. The summed E-state index contributed by atoms with van der Waals surface area (Å²) >= 11 is 0. The van der Waals surface area contributed by atoms with Crippen LogP contribution in [-0.2, 0) is 19.0 Å². The summed E-state index contributed by atoms with van der Waals surface area (Å²) in [7, 11) is 1.18. The summed E-state index contributed by atoms with van der Waals surface area (Å²) in [6.07, 6.45) is 4.60. The SMILES string of the molecule is C=COCC1(C)CCN(c2c(C(=O)C(=O)OC)c(C)cc3nc(C(=O)OCC)cn23)CC1. The average molecular weight is 444 g/mol. The van der Waals surface area contributed by atoms with Gasteiger partial charge in [-0.1, -0.05) is 13.5 Å². The second-order valence-corrected chi connectivity index (χ2v) is 8.20. The van der Waals surface area contributed by atoms with Crippen LogP contribution in [0, 0.1) is 12.3 Å². The molecule has 3 rings (SSSR count). The Morgan fingerprint density at radius 2 is 1.97 bits per heavy atom. The number of ketones is 1. The highest BCUT2D eigenvalue weighted by molar-refractivity contribution is 6.42. The van der Waals surface area contributed by atoms with E-state index in [0.717, 1.165) is 12.8 Å². The van der Waals surface area contributed by atoms with Crippen molar-refractivity contribution in [1.29, 1.82) is 0 Å². The van der Waals surface area contributed by atoms with E-state index in [1.54, 1.807) is 30.5 Å². The van der Waals surface area contributed by atoms with Gasteiger partial charge in [0.1, 0.15) is 11.5 Å². The largest absolute Gasteiger partial charge is 0.501 e. The number of nitrogens with zero attached hydrogens (tertiary/aromatic N) is 3. The van der Waals surface area contributed by atoms with E-state index in [9.17, 15) is 14.4 Å². The van der Waals surface area contributed by atoms with E-state index >= 15 is 0 Å². The molecule has 172 valence electrons. The molecule has 0 aliphatic carbocycles. The zero-order valence-electron chi connectivity index (χ0n) is 19.0. The number of ether oxygens (including phenoxy) is 3. The van der Waals surface area contributed by atoms with Crippen LogP contribution >= 0.6 is 0 Å². The summed E-state index contributed by atoms with van der Waals surface area (Å²) in [6.45, 7) is 11.3. The third-order valence-electron chi connectivity index (χ3n) is 5.83. The molecule has 0 N–H and O–H groups in total. The van der Waals surface area contributed by atoms with Gasteiger partial charge in [0.25, 0.3) is 5.78 Å². The van der Waals surface area contributed by atoms with Gasteiger partial charge in [-0.25, -0.2) is 14.6 Å². The summed E-state index contributed by atoms with van der Waals surface area (Å²) in [5.74, 6) is -1.71. The van der Waals surface area contributed by atoms with Crippen LogP contribution in [0.4, 0.5) is 5.82 Å². The molecule has 3 heterocycles. The Balaban J connectivity index is 2.10. The summed E-state index contributed by atoms with van der Waals surface area (Å²) in [6, 6.07) is 1.67. The topological polar surface area (TPSA) is 99.4 Å². The Kier molecular flexibility index (Phi) is 6.86. The molecule has 0 aromatic carbocycles. The molecule has 0 amide bonds. The van der Waals surface area contributed by atoms with Gasteiger partial charge in [0.05, 0.1) is 32.1 Å². The smallest absolute Gasteiger partial charge is 0.379 e. The van der Waals surface area contributed by atoms with Gasteiger partial charge in [0, 0.05) is 24.7 Å². The van der Waals surface area contributed by atoms with Crippen molar-refractivity contribution in [2.24, 2.45) is 5.41 Å². The van der Waals surface area contributed by atoms with Crippen molar-refractivity contribution in [3.8, 4) is 0 Å². The lowest BCUT2D eigenvalue weighted by molar-refractivity contribution is -0.135. The van der Waals surface area contributed by atoms with E-state index in [-0.39, 0.29) is 23.3 Å². The number of fused-ring (bicyclic) bond motifs is 1. The number of methoxy groups -OCH3 is 1. The number of hydrogen-bond acceptors (Lipinski definition) is 8. The maximum absolute atomic E-state index is 13.0. The molecule has 2 aromatic rings. The van der Waals surface area contributed by atoms with E-state index in [1.807, 2.05) is 4.90 Å². The molecule has 1 saturated heterocycles. The van der Waals surface area contributed by atoms with Crippen LogP contribution in [0.25, 0.3) is 5.65 Å². The molecule has 9 nitrogen and oxygen atoms in total. The van der Waals surface area contributed by atoms with Crippen LogP contribution < -0.4 is 4.90 Å². The molecule has 1 aliphatic heterocycles. The number of pyridine rings is 1. The lowest BCUT2D eigenvalue weighted by Gasteiger charge is -2.40. The van der Waals surface area contributed by atoms with Crippen molar-refractivity contribution in [2.75, 3.05) is 38.3 Å². The van der Waals surface area contributed by atoms with Gasteiger partial charge in [-0.2, -0.15) is 0 Å². The van der Waals surface area contributed by atoms with Crippen LogP contribution in [0.15, 0.2) is 25.1 Å². The molecule has 0 radical (unpaired) electrons. The number of anilines is 1. The Bertz CT molecular complexity index is 1050. The first kappa shape index (κ1) is 23.3. The molecule has 1 fully saturated rings. The Labute approximate surface area is 186 Å². The maximum Gasteiger partial charge on any atom is 0.379 e. The van der Waals surface area contributed by atoms with Gasteiger partial charge in [-0.05, 0) is 38.3 Å². The predicted octanol–water partition coefficient (Wildman–Crippen LogP) is 2.94. The first-order valence-electron chi connectivity index (χ1n) is 10.5. The molecule has 0 bridgehead atoms. The monoisotopic (exact) mass is 443 g/mol. The number of esters is 2. The van der Waals surface area contributed by atoms with Gasteiger partial charge in [-0.3, -0.25) is 9.20 Å². The minimum atomic E-state index is -0.944. The van der Waals surface area contributed by atoms with Crippen LogP contribution in [0.5, 0.6) is 0 Å². The molecule has 0 spiro atoms. The summed E-state index contributed by atoms with van der Waals surface area (Å²) in [5.41, 5.74) is 1.41. The predicted molar refractivity (Wildman–Crippen MR) is 118 cm³/mol. The van der Waals surface area contributed by atoms with Crippen molar-refractivity contribution in [2.45, 2.75) is 33.6 Å². The molecule has 0 saturated carbocycles. The second-order valence-electron chi connectivity index (χ2n) is 8.20. The number of piperidine rings is 1. The number of rotatable bonds is 8. The number of hydrogen-bond donors (Lipinski definition) is 0. The Morgan fingerprint density at radius 3 is 2.56 bits per heavy atom. The fourth-order valence-electron chi connectivity index (χ4n) is 3.98. The van der Waals surface area contributed by atoms with Crippen LogP contribution in [-0.4, -0.2) is 60.5 Å². The van der Waals surface area contributed by atoms with Crippen molar-refractivity contribution < 1.29 is 28.6 Å². The van der Waals surface area contributed by atoms with Gasteiger partial charge >= 0.3 is 11.9 Å². The summed E-state index contributed by atoms with van der Waals surface area (Å²) in [5, 5.41) is 0. The summed E-state index contributed by atoms with van der Waals surface area (Å²) in [4.78, 5) is 43.8. The standard InChI is InChI=1S/C23H29N3O6/c1-6-31-14-23(4)8-10-25(11-9-23)20-18(19(27)22(29)30-5)15(3)12-17-24-16(13-26(17)20)21(28)32-7-2/h6,12-13H,1,7-11,14H2,2-5H3. The zero-order valence-corrected chi connectivity index (χ0v) is 19.0. The van der Waals surface area contributed by atoms with Crippen LogP contribution in [0.3, 0.4) is 0 Å². The minimum Gasteiger partial charge on any atom is -0.501 e. The van der Waals surface area contributed by atoms with E-state index in [1.165, 1.54) is 13.4 Å². The maximum atomic E-state index is 13.0. The van der Waals surface area contributed by atoms with Gasteiger partial charge in [0.15, 0.2) is 5.69 Å². The number of aromatic nitrogens is 2. The first-order chi connectivity index (χ1) is 15.2. The van der Waals surface area contributed by atoms with Gasteiger partial charge < -0.3 is 19.1 Å². The number of aryl methyl sites for hydroxylation is 1. The lowest BCUT2D eigenvalue weighted by Crippen LogP contribution is -2.42. The van der Waals surface area contributed by atoms with E-state index in [0.29, 0.717) is 36.7 Å². The minimum absolute atomic E-state index is 0.0365. The van der Waals surface area contributed by atoms with Crippen molar-refractivity contribution >= 4 is 29.2 Å². The van der Waals surface area contributed by atoms with E-state index in [2.05, 4.69) is 18.5 Å². The Hall–Kier alpha value is -3.36. The van der Waals surface area contributed by atoms with Gasteiger partial charge in [0.2, 0.25) is 0 Å². The van der Waals surface area contributed by atoms with Crippen molar-refractivity contribution in [3.05, 3.63) is 41.9 Å². The quantitative estimate of drug-likeness (QED) is 0.266. The molecule has 1 aliphatic rings. The molecular weight excluding hydrogens is 414 g/mol. The molecule has 9 heteroatoms. The second kappa shape index (κ2) is 9.42. The third-order valence-corrected chi connectivity index (χ3v) is 5.83. The molecule has 0 unspecified atom stereocenters. The lowest BCUT2D eigenvalue weighted by atomic mass is 9.81. The zero-order chi connectivity index (χ0) is 23.5. The van der Waals surface area contributed by atoms with Crippen LogP contribution in [0.2, 0.25) is 0 Å². The summed E-state index contributed by atoms with van der Waals surface area (Å²) < 4.78 is 16.9. The average Bonchev–Trinajstić information content (AvgIpc) is 3.20. The highest BCUT2D eigenvalue weighted by atomic mass is 16.5. The first-order valence-corrected chi connectivity index (χ1v) is 10.5. The van der Waals surface area contributed by atoms with Gasteiger partial charge in [-0.15, -0.1) is 0 Å². The fraction of sp³-hybridized carbons (Fsp3) is 0.478. The molecule has 0 atom stereocenters. The fourth-order valence-corrected chi connectivity index (χ4v) is 3.98. The molecular formula is C23H29N3O6. The number of imidazole rings is 1. The van der Waals surface area contributed by atoms with Crippen LogP contribution in [0.1, 0.15) is 53.1 Å². The Morgan fingerprint density at radius 1 is 1.28 bits per heavy atom. The highest BCUT2D eigenvalue weighted by Crippen LogP contribution is 2.36. The molecule has 2 aromatic heterocycles. The van der Waals surface area contributed by atoms with E-state index < -0.39 is 17.7 Å². The normalized spacial score (nSPS) is 15.3. The number of Topliss-reactive ketones (excluding diaryl/α,β-unsaturated/α-hetero) is 1. The third kappa shape index (κ3) is 4.46. The number of carbonyl (C=O) groups excluding carboxylic acids is 3. The van der Waals surface area contributed by atoms with Crippen molar-refractivity contribution in [1.82, 2.24) is 9.38 Å².